The number of carbonyl (C=O) groups excluding carboxylic acids is 1. The Bertz CT molecular complexity index is 1180. The highest BCUT2D eigenvalue weighted by molar-refractivity contribution is 5.91. The van der Waals surface area contributed by atoms with Crippen molar-refractivity contribution in [1.82, 2.24) is 19.7 Å². The molecule has 0 atom stereocenters. The number of nitrogens with one attached hydrogen (secondary N) is 1. The first-order chi connectivity index (χ1) is 16.4. The van der Waals surface area contributed by atoms with Crippen LogP contribution in [0.1, 0.15) is 56.3 Å². The van der Waals surface area contributed by atoms with Crippen molar-refractivity contribution in [3.8, 4) is 17.4 Å². The second kappa shape index (κ2) is 8.22. The molecule has 1 aromatic carbocycles. The molecule has 7 rings (SSSR count). The van der Waals surface area contributed by atoms with E-state index in [0.717, 1.165) is 34.8 Å². The molecule has 1 N–H and O–H groups in total. The van der Waals surface area contributed by atoms with Crippen LogP contribution in [-0.2, 0) is 4.79 Å². The van der Waals surface area contributed by atoms with E-state index in [-0.39, 0.29) is 11.3 Å². The van der Waals surface area contributed by atoms with Gasteiger partial charge >= 0.3 is 0 Å². The zero-order valence-corrected chi connectivity index (χ0v) is 19.8. The summed E-state index contributed by atoms with van der Waals surface area (Å²) in [5, 5.41) is 7.58. The summed E-state index contributed by atoms with van der Waals surface area (Å²) < 4.78 is 7.70. The smallest absolute Gasteiger partial charge is 0.224 e. The van der Waals surface area contributed by atoms with Crippen molar-refractivity contribution in [3.05, 3.63) is 54.1 Å². The number of hydrogen-bond donors (Lipinski definition) is 1. The van der Waals surface area contributed by atoms with E-state index in [1.807, 2.05) is 44.2 Å². The number of ether oxygens (including phenoxy) is 1. The van der Waals surface area contributed by atoms with Gasteiger partial charge in [0.15, 0.2) is 5.82 Å². The standard InChI is InChI=1S/C27H31N5O2/c1-17-7-18(2)32(31-17)24-11-26(29-16-28-24)34-23-5-3-22(4-6-23)30-25(33)15-27-12-19-8-20(13-27)10-21(9-19)14-27/h3-7,11,16,19-21H,8-10,12-15H2,1-2H3,(H,30,33). The molecule has 0 unspecified atom stereocenters. The highest BCUT2D eigenvalue weighted by atomic mass is 16.5. The van der Waals surface area contributed by atoms with E-state index < -0.39 is 0 Å². The topological polar surface area (TPSA) is 81.9 Å². The van der Waals surface area contributed by atoms with Crippen LogP contribution in [0.3, 0.4) is 0 Å². The third-order valence-electron chi connectivity index (χ3n) is 7.92. The van der Waals surface area contributed by atoms with Crippen molar-refractivity contribution < 1.29 is 9.53 Å². The first-order valence-corrected chi connectivity index (χ1v) is 12.4. The number of amides is 1. The minimum absolute atomic E-state index is 0.140. The average molecular weight is 458 g/mol. The molecule has 4 bridgehead atoms. The maximum Gasteiger partial charge on any atom is 0.224 e. The molecule has 0 radical (unpaired) electrons. The SMILES string of the molecule is Cc1cc(C)n(-c2cc(Oc3ccc(NC(=O)CC45CC6CC(CC(C6)C4)C5)cc3)ncn2)n1. The molecule has 176 valence electrons. The second-order valence-electron chi connectivity index (χ2n) is 10.8. The monoisotopic (exact) mass is 457 g/mol. The lowest BCUT2D eigenvalue weighted by atomic mass is 9.49. The predicted molar refractivity (Wildman–Crippen MR) is 129 cm³/mol. The maximum atomic E-state index is 12.9. The maximum absolute atomic E-state index is 12.9. The normalized spacial score (nSPS) is 27.1. The number of rotatable bonds is 6. The molecule has 7 heteroatoms. The molecule has 4 saturated carbocycles. The quantitative estimate of drug-likeness (QED) is 0.520. The molecular formula is C27H31N5O2. The summed E-state index contributed by atoms with van der Waals surface area (Å²) in [4.78, 5) is 21.4. The van der Waals surface area contributed by atoms with E-state index in [9.17, 15) is 4.79 Å². The van der Waals surface area contributed by atoms with Crippen LogP contribution in [0, 0.1) is 37.0 Å². The first kappa shape index (κ1) is 21.3. The van der Waals surface area contributed by atoms with Crippen molar-refractivity contribution in [2.24, 2.45) is 23.2 Å². The fourth-order valence-corrected chi connectivity index (χ4v) is 7.14. The van der Waals surface area contributed by atoms with Gasteiger partial charge in [0.1, 0.15) is 12.1 Å². The molecule has 0 spiro atoms. The number of aryl methyl sites for hydroxylation is 2. The van der Waals surface area contributed by atoms with Crippen LogP contribution in [0.5, 0.6) is 11.6 Å². The molecule has 3 aromatic rings. The van der Waals surface area contributed by atoms with E-state index in [4.69, 9.17) is 4.74 Å². The van der Waals surface area contributed by atoms with Gasteiger partial charge in [0.25, 0.3) is 0 Å². The van der Waals surface area contributed by atoms with Crippen molar-refractivity contribution in [1.29, 1.82) is 0 Å². The van der Waals surface area contributed by atoms with Gasteiger partial charge < -0.3 is 10.1 Å². The average Bonchev–Trinajstić information content (AvgIpc) is 3.12. The lowest BCUT2D eigenvalue weighted by Gasteiger charge is -2.56. The van der Waals surface area contributed by atoms with E-state index in [2.05, 4.69) is 20.4 Å². The zero-order chi connectivity index (χ0) is 23.3. The molecule has 34 heavy (non-hydrogen) atoms. The molecule has 0 aliphatic heterocycles. The van der Waals surface area contributed by atoms with Gasteiger partial charge in [-0.3, -0.25) is 4.79 Å². The van der Waals surface area contributed by atoms with Crippen molar-refractivity contribution in [2.45, 2.75) is 58.8 Å². The Kier molecular flexibility index (Phi) is 5.15. The third kappa shape index (κ3) is 4.19. The third-order valence-corrected chi connectivity index (χ3v) is 7.92. The highest BCUT2D eigenvalue weighted by Crippen LogP contribution is 2.61. The summed E-state index contributed by atoms with van der Waals surface area (Å²) >= 11 is 0. The van der Waals surface area contributed by atoms with Crippen LogP contribution in [0.4, 0.5) is 5.69 Å². The summed E-state index contributed by atoms with van der Waals surface area (Å²) in [6.07, 6.45) is 10.1. The Labute approximate surface area is 200 Å². The summed E-state index contributed by atoms with van der Waals surface area (Å²) in [5.74, 6) is 4.47. The van der Waals surface area contributed by atoms with Gasteiger partial charge in [-0.05, 0) is 106 Å². The van der Waals surface area contributed by atoms with Gasteiger partial charge in [0.05, 0.1) is 5.69 Å². The first-order valence-electron chi connectivity index (χ1n) is 12.4. The molecule has 1 amide bonds. The largest absolute Gasteiger partial charge is 0.439 e. The number of anilines is 1. The van der Waals surface area contributed by atoms with Gasteiger partial charge in [0.2, 0.25) is 11.8 Å². The summed E-state index contributed by atoms with van der Waals surface area (Å²) in [6, 6.07) is 11.2. The number of benzene rings is 1. The molecule has 4 aliphatic carbocycles. The van der Waals surface area contributed by atoms with Gasteiger partial charge in [-0.2, -0.15) is 5.10 Å². The molecule has 4 aliphatic rings. The van der Waals surface area contributed by atoms with Crippen LogP contribution in [0.15, 0.2) is 42.7 Å². The molecule has 7 nitrogen and oxygen atoms in total. The lowest BCUT2D eigenvalue weighted by Crippen LogP contribution is -2.47. The fourth-order valence-electron chi connectivity index (χ4n) is 7.14. The molecule has 4 fully saturated rings. The predicted octanol–water partition coefficient (Wildman–Crippen LogP) is 5.62. The molecule has 0 saturated heterocycles. The second-order valence-corrected chi connectivity index (χ2v) is 10.8. The Balaban J connectivity index is 1.09. The number of hydrogen-bond acceptors (Lipinski definition) is 5. The van der Waals surface area contributed by atoms with Crippen LogP contribution < -0.4 is 10.1 Å². The summed E-state index contributed by atoms with van der Waals surface area (Å²) in [7, 11) is 0. The Morgan fingerprint density at radius 1 is 1.03 bits per heavy atom. The van der Waals surface area contributed by atoms with Gasteiger partial charge in [0, 0.05) is 23.9 Å². The van der Waals surface area contributed by atoms with E-state index in [0.29, 0.717) is 23.9 Å². The van der Waals surface area contributed by atoms with E-state index >= 15 is 0 Å². The van der Waals surface area contributed by atoms with Crippen LogP contribution in [0.25, 0.3) is 5.82 Å². The fraction of sp³-hybridized carbons (Fsp3) is 0.481. The Morgan fingerprint density at radius 3 is 2.32 bits per heavy atom. The number of carbonyl (C=O) groups is 1. The minimum Gasteiger partial charge on any atom is -0.439 e. The van der Waals surface area contributed by atoms with Gasteiger partial charge in [-0.25, -0.2) is 14.6 Å². The van der Waals surface area contributed by atoms with Crippen molar-refractivity contribution in [2.75, 3.05) is 5.32 Å². The van der Waals surface area contributed by atoms with Crippen LogP contribution in [0.2, 0.25) is 0 Å². The van der Waals surface area contributed by atoms with Crippen molar-refractivity contribution >= 4 is 11.6 Å². The van der Waals surface area contributed by atoms with Crippen LogP contribution in [-0.4, -0.2) is 25.7 Å². The lowest BCUT2D eigenvalue weighted by molar-refractivity contribution is -0.124. The Morgan fingerprint density at radius 2 is 1.71 bits per heavy atom. The zero-order valence-electron chi connectivity index (χ0n) is 19.8. The molecule has 2 aromatic heterocycles. The van der Waals surface area contributed by atoms with Gasteiger partial charge in [-0.15, -0.1) is 0 Å². The number of aromatic nitrogens is 4. The number of nitrogens with zero attached hydrogens (tertiary/aromatic N) is 4. The summed E-state index contributed by atoms with van der Waals surface area (Å²) in [6.45, 7) is 3.93. The minimum atomic E-state index is 0.140. The summed E-state index contributed by atoms with van der Waals surface area (Å²) in [5.41, 5.74) is 2.97. The molecule has 2 heterocycles. The van der Waals surface area contributed by atoms with Crippen molar-refractivity contribution in [3.63, 3.8) is 0 Å². The Hall–Kier alpha value is -3.22. The van der Waals surface area contributed by atoms with E-state index in [1.165, 1.54) is 44.9 Å². The molecular weight excluding hydrogens is 426 g/mol. The van der Waals surface area contributed by atoms with E-state index in [1.54, 1.807) is 10.7 Å². The highest BCUT2D eigenvalue weighted by Gasteiger charge is 2.51. The van der Waals surface area contributed by atoms with Gasteiger partial charge in [-0.1, -0.05) is 0 Å². The van der Waals surface area contributed by atoms with Crippen LogP contribution >= 0.6 is 0 Å².